The van der Waals surface area contributed by atoms with Crippen LogP contribution in [0, 0.1) is 11.3 Å². The van der Waals surface area contributed by atoms with Gasteiger partial charge in [0, 0.05) is 19.3 Å². The Bertz CT molecular complexity index is 830. The van der Waals surface area contributed by atoms with Crippen LogP contribution in [-0.4, -0.2) is 25.5 Å². The van der Waals surface area contributed by atoms with Gasteiger partial charge in [-0.2, -0.15) is 5.26 Å². The van der Waals surface area contributed by atoms with Crippen LogP contribution >= 0.6 is 11.3 Å². The molecule has 2 heterocycles. The molecule has 1 aliphatic rings. The molecule has 6 heteroatoms. The van der Waals surface area contributed by atoms with E-state index in [0.29, 0.717) is 24.6 Å². The third-order valence-electron chi connectivity index (χ3n) is 3.55. The number of nitriles is 1. The third-order valence-corrected chi connectivity index (χ3v) is 4.41. The van der Waals surface area contributed by atoms with Gasteiger partial charge in [0.15, 0.2) is 5.70 Å². The molecule has 1 aromatic heterocycles. The van der Waals surface area contributed by atoms with Crippen LogP contribution in [0.15, 0.2) is 52.5 Å². The van der Waals surface area contributed by atoms with Crippen molar-refractivity contribution in [3.05, 3.63) is 57.9 Å². The largest absolute Gasteiger partial charge is 0.401 e. The highest BCUT2D eigenvalue weighted by molar-refractivity contribution is 7.12. The molecule has 0 fully saturated rings. The maximum atomic E-state index is 11.9. The van der Waals surface area contributed by atoms with Gasteiger partial charge in [-0.05, 0) is 35.2 Å². The highest BCUT2D eigenvalue weighted by Gasteiger charge is 2.24. The highest BCUT2D eigenvalue weighted by Crippen LogP contribution is 2.22. The number of esters is 1. The van der Waals surface area contributed by atoms with E-state index in [1.165, 1.54) is 11.3 Å². The van der Waals surface area contributed by atoms with Crippen molar-refractivity contribution in [1.82, 2.24) is 0 Å². The monoisotopic (exact) mass is 337 g/mol. The van der Waals surface area contributed by atoms with Crippen LogP contribution in [0.3, 0.4) is 0 Å². The summed E-state index contributed by atoms with van der Waals surface area (Å²) in [5.74, 6) is -0.0808. The van der Waals surface area contributed by atoms with Gasteiger partial charge in [0.1, 0.15) is 0 Å². The fraction of sp³-hybridized carbons (Fsp3) is 0.167. The van der Waals surface area contributed by atoms with Crippen LogP contribution in [0.5, 0.6) is 0 Å². The summed E-state index contributed by atoms with van der Waals surface area (Å²) in [7, 11) is 1.94. The topological polar surface area (TPSA) is 65.7 Å². The lowest BCUT2D eigenvalue weighted by Crippen LogP contribution is -2.17. The third kappa shape index (κ3) is 3.53. The van der Waals surface area contributed by atoms with Crippen molar-refractivity contribution in [2.24, 2.45) is 4.99 Å². The first kappa shape index (κ1) is 16.0. The summed E-state index contributed by atoms with van der Waals surface area (Å²) in [4.78, 5) is 19.1. The SMILES string of the molecule is CN(CCC#N)c1ccc(/C=C2\N=C(c3cccs3)OC2=O)cc1. The smallest absolute Gasteiger partial charge is 0.363 e. The number of anilines is 1. The summed E-state index contributed by atoms with van der Waals surface area (Å²) in [5, 5.41) is 10.6. The van der Waals surface area contributed by atoms with Gasteiger partial charge in [0.05, 0.1) is 17.4 Å². The predicted octanol–water partition coefficient (Wildman–Crippen LogP) is 3.44. The first-order valence-electron chi connectivity index (χ1n) is 7.42. The Morgan fingerprint density at radius 1 is 1.33 bits per heavy atom. The van der Waals surface area contributed by atoms with E-state index in [0.717, 1.165) is 16.1 Å². The van der Waals surface area contributed by atoms with E-state index in [1.54, 1.807) is 6.08 Å². The Morgan fingerprint density at radius 2 is 2.12 bits per heavy atom. The van der Waals surface area contributed by atoms with Gasteiger partial charge >= 0.3 is 5.97 Å². The molecule has 0 radical (unpaired) electrons. The number of thiophene rings is 1. The molecule has 0 N–H and O–H groups in total. The molecule has 0 unspecified atom stereocenters. The first-order valence-corrected chi connectivity index (χ1v) is 8.30. The molecule has 1 aliphatic heterocycles. The van der Waals surface area contributed by atoms with Crippen molar-refractivity contribution >= 4 is 35.0 Å². The van der Waals surface area contributed by atoms with Gasteiger partial charge in [0.25, 0.3) is 0 Å². The number of carbonyl (C=O) groups excluding carboxylic acids is 1. The maximum Gasteiger partial charge on any atom is 0.363 e. The number of rotatable bonds is 5. The number of hydrogen-bond acceptors (Lipinski definition) is 6. The molecule has 5 nitrogen and oxygen atoms in total. The second kappa shape index (κ2) is 7.11. The average Bonchev–Trinajstić information content (AvgIpc) is 3.24. The fourth-order valence-corrected chi connectivity index (χ4v) is 2.89. The Labute approximate surface area is 144 Å². The molecule has 0 spiro atoms. The summed E-state index contributed by atoms with van der Waals surface area (Å²) in [6.07, 6.45) is 2.19. The molecule has 0 aliphatic carbocycles. The Balaban J connectivity index is 1.76. The molecule has 0 saturated carbocycles. The Hall–Kier alpha value is -2.91. The normalized spacial score (nSPS) is 15.1. The van der Waals surface area contributed by atoms with Crippen LogP contribution in [0.25, 0.3) is 6.08 Å². The molecular weight excluding hydrogens is 322 g/mol. The molecule has 0 atom stereocenters. The highest BCUT2D eigenvalue weighted by atomic mass is 32.1. The van der Waals surface area contributed by atoms with Crippen LogP contribution in [-0.2, 0) is 9.53 Å². The molecule has 1 aromatic carbocycles. The van der Waals surface area contributed by atoms with Crippen molar-refractivity contribution in [3.8, 4) is 6.07 Å². The quantitative estimate of drug-likeness (QED) is 0.619. The zero-order chi connectivity index (χ0) is 16.9. The van der Waals surface area contributed by atoms with Gasteiger partial charge in [-0.1, -0.05) is 18.2 Å². The van der Waals surface area contributed by atoms with Gasteiger partial charge < -0.3 is 9.64 Å². The number of cyclic esters (lactones) is 1. The van der Waals surface area contributed by atoms with E-state index in [2.05, 4.69) is 11.1 Å². The predicted molar refractivity (Wildman–Crippen MR) is 94.9 cm³/mol. The number of ether oxygens (including phenoxy) is 1. The fourth-order valence-electron chi connectivity index (χ4n) is 2.24. The minimum atomic E-state index is -0.436. The van der Waals surface area contributed by atoms with Crippen LogP contribution in [0.2, 0.25) is 0 Å². The number of carbonyl (C=O) groups is 1. The van der Waals surface area contributed by atoms with Crippen LogP contribution in [0.4, 0.5) is 5.69 Å². The zero-order valence-corrected chi connectivity index (χ0v) is 13.9. The van der Waals surface area contributed by atoms with Crippen molar-refractivity contribution in [3.63, 3.8) is 0 Å². The van der Waals surface area contributed by atoms with E-state index in [4.69, 9.17) is 10.00 Å². The van der Waals surface area contributed by atoms with Gasteiger partial charge in [-0.3, -0.25) is 0 Å². The van der Waals surface area contributed by atoms with E-state index in [9.17, 15) is 4.79 Å². The second-order valence-electron chi connectivity index (χ2n) is 5.23. The minimum absolute atomic E-state index is 0.295. The molecule has 120 valence electrons. The lowest BCUT2D eigenvalue weighted by Gasteiger charge is -2.17. The molecule has 24 heavy (non-hydrogen) atoms. The molecule has 2 aromatic rings. The van der Waals surface area contributed by atoms with E-state index < -0.39 is 5.97 Å². The first-order chi connectivity index (χ1) is 11.7. The Kier molecular flexibility index (Phi) is 4.73. The summed E-state index contributed by atoms with van der Waals surface area (Å²) in [5.41, 5.74) is 2.18. The lowest BCUT2D eigenvalue weighted by molar-refractivity contribution is -0.129. The summed E-state index contributed by atoms with van der Waals surface area (Å²) in [6, 6.07) is 13.6. The molecule has 0 amide bonds. The van der Waals surface area contributed by atoms with E-state index >= 15 is 0 Å². The zero-order valence-electron chi connectivity index (χ0n) is 13.1. The van der Waals surface area contributed by atoms with E-state index in [1.807, 2.05) is 53.7 Å². The minimum Gasteiger partial charge on any atom is -0.401 e. The number of aliphatic imine (C=N–C) groups is 1. The molecule has 0 saturated heterocycles. The van der Waals surface area contributed by atoms with E-state index in [-0.39, 0.29) is 0 Å². The maximum absolute atomic E-state index is 11.9. The molecule has 3 rings (SSSR count). The number of nitrogens with zero attached hydrogens (tertiary/aromatic N) is 3. The summed E-state index contributed by atoms with van der Waals surface area (Å²) in [6.45, 7) is 0.678. The standard InChI is InChI=1S/C18H15N3O2S/c1-21(10-3-9-19)14-7-5-13(6-8-14)12-15-18(22)23-17(20-15)16-4-2-11-24-16/h2,4-8,11-12H,3,10H2,1H3/b15-12-. The van der Waals surface area contributed by atoms with Crippen molar-refractivity contribution in [1.29, 1.82) is 5.26 Å². The van der Waals surface area contributed by atoms with Gasteiger partial charge in [0.2, 0.25) is 5.90 Å². The van der Waals surface area contributed by atoms with Crippen LogP contribution in [0.1, 0.15) is 16.9 Å². The lowest BCUT2D eigenvalue weighted by atomic mass is 10.1. The van der Waals surface area contributed by atoms with Gasteiger partial charge in [-0.25, -0.2) is 9.79 Å². The molecule has 0 bridgehead atoms. The molecular formula is C18H15N3O2S. The summed E-state index contributed by atoms with van der Waals surface area (Å²) < 4.78 is 5.21. The van der Waals surface area contributed by atoms with Crippen molar-refractivity contribution in [2.75, 3.05) is 18.5 Å². The number of benzene rings is 1. The van der Waals surface area contributed by atoms with Gasteiger partial charge in [-0.15, -0.1) is 11.3 Å². The Morgan fingerprint density at radius 3 is 2.79 bits per heavy atom. The van der Waals surface area contributed by atoms with Crippen molar-refractivity contribution in [2.45, 2.75) is 6.42 Å². The average molecular weight is 337 g/mol. The summed E-state index contributed by atoms with van der Waals surface area (Å²) >= 11 is 1.48. The number of hydrogen-bond donors (Lipinski definition) is 0. The second-order valence-corrected chi connectivity index (χ2v) is 6.18. The van der Waals surface area contributed by atoms with Crippen molar-refractivity contribution < 1.29 is 9.53 Å². The van der Waals surface area contributed by atoms with Crippen LogP contribution < -0.4 is 4.90 Å².